The first-order valence-corrected chi connectivity index (χ1v) is 10.2. The van der Waals surface area contributed by atoms with E-state index in [4.69, 9.17) is 4.74 Å². The van der Waals surface area contributed by atoms with Crippen LogP contribution in [0.5, 0.6) is 0 Å². The van der Waals surface area contributed by atoms with Crippen LogP contribution < -0.4 is 5.32 Å². The third-order valence-corrected chi connectivity index (χ3v) is 5.70. The number of nitro benzene ring substituents is 1. The second-order valence-electron chi connectivity index (χ2n) is 6.68. The molecule has 1 aromatic heterocycles. The van der Waals surface area contributed by atoms with Crippen molar-refractivity contribution in [2.24, 2.45) is 7.05 Å². The Balaban J connectivity index is 1.52. The second kappa shape index (κ2) is 10.3. The lowest BCUT2D eigenvalue weighted by Crippen LogP contribution is -2.37. The largest absolute Gasteiger partial charge is 0.379 e. The van der Waals surface area contributed by atoms with Gasteiger partial charge in [0.25, 0.3) is 11.6 Å². The lowest BCUT2D eigenvalue weighted by molar-refractivity contribution is -0.387. The van der Waals surface area contributed by atoms with Crippen LogP contribution in [0.3, 0.4) is 0 Å². The van der Waals surface area contributed by atoms with E-state index in [0.29, 0.717) is 16.6 Å². The highest BCUT2D eigenvalue weighted by atomic mass is 32.2. The van der Waals surface area contributed by atoms with Crippen LogP contribution in [0, 0.1) is 10.1 Å². The van der Waals surface area contributed by atoms with E-state index < -0.39 is 4.92 Å². The third kappa shape index (κ3) is 5.99. The number of rotatable bonds is 9. The quantitative estimate of drug-likeness (QED) is 0.370. The summed E-state index contributed by atoms with van der Waals surface area (Å²) in [6.07, 6.45) is 3.36. The highest BCUT2D eigenvalue weighted by Gasteiger charge is 2.20. The first kappa shape index (κ1) is 21.2. The highest BCUT2D eigenvalue weighted by Crippen LogP contribution is 2.34. The van der Waals surface area contributed by atoms with Crippen molar-refractivity contribution in [1.29, 1.82) is 0 Å². The molecule has 10 nitrogen and oxygen atoms in total. The molecule has 0 atom stereocenters. The van der Waals surface area contributed by atoms with Crippen LogP contribution in [-0.4, -0.2) is 69.9 Å². The van der Waals surface area contributed by atoms with Crippen LogP contribution in [0.25, 0.3) is 0 Å². The standard InChI is InChI=1S/C18H24N6O4S/c1-22-13-20-21-18(22)29-16-5-4-14(12-15(16)24(26)27)17(25)19-6-2-3-7-23-8-10-28-11-9-23/h4-5,12-13H,2-3,6-11H2,1H3,(H,19,25). The molecule has 1 aliphatic heterocycles. The van der Waals surface area contributed by atoms with E-state index in [1.54, 1.807) is 23.7 Å². The van der Waals surface area contributed by atoms with E-state index in [2.05, 4.69) is 20.4 Å². The van der Waals surface area contributed by atoms with Gasteiger partial charge in [-0.2, -0.15) is 0 Å². The Morgan fingerprint density at radius 1 is 1.34 bits per heavy atom. The number of aryl methyl sites for hydroxylation is 1. The average molecular weight is 420 g/mol. The Kier molecular flexibility index (Phi) is 7.55. The van der Waals surface area contributed by atoms with Gasteiger partial charge in [-0.1, -0.05) is 0 Å². The van der Waals surface area contributed by atoms with E-state index in [0.717, 1.165) is 57.5 Å². The minimum atomic E-state index is -0.488. The smallest absolute Gasteiger partial charge is 0.284 e. The van der Waals surface area contributed by atoms with Crippen molar-refractivity contribution in [3.05, 3.63) is 40.2 Å². The summed E-state index contributed by atoms with van der Waals surface area (Å²) >= 11 is 1.14. The molecule has 0 spiro atoms. The molecule has 11 heteroatoms. The molecule has 0 bridgehead atoms. The zero-order valence-electron chi connectivity index (χ0n) is 16.2. The van der Waals surface area contributed by atoms with Crippen LogP contribution in [0.15, 0.2) is 34.6 Å². The van der Waals surface area contributed by atoms with Gasteiger partial charge in [0.15, 0.2) is 5.16 Å². The normalized spacial score (nSPS) is 14.7. The number of hydrogen-bond donors (Lipinski definition) is 1. The number of aromatic nitrogens is 3. The Morgan fingerprint density at radius 3 is 2.83 bits per heavy atom. The molecule has 2 aromatic rings. The second-order valence-corrected chi connectivity index (χ2v) is 7.69. The number of amides is 1. The highest BCUT2D eigenvalue weighted by molar-refractivity contribution is 7.99. The molecule has 3 rings (SSSR count). The maximum atomic E-state index is 12.4. The summed E-state index contributed by atoms with van der Waals surface area (Å²) in [5.41, 5.74) is 0.144. The summed E-state index contributed by atoms with van der Waals surface area (Å²) in [7, 11) is 1.76. The number of carbonyl (C=O) groups excluding carboxylic acids is 1. The molecule has 1 fully saturated rings. The fraction of sp³-hybridized carbons (Fsp3) is 0.500. The Labute approximate surface area is 172 Å². The molecule has 1 saturated heterocycles. The van der Waals surface area contributed by atoms with Gasteiger partial charge in [0.05, 0.1) is 23.0 Å². The van der Waals surface area contributed by atoms with Crippen molar-refractivity contribution in [3.8, 4) is 0 Å². The van der Waals surface area contributed by atoms with Crippen LogP contribution in [-0.2, 0) is 11.8 Å². The van der Waals surface area contributed by atoms with Gasteiger partial charge in [0.1, 0.15) is 6.33 Å². The molecule has 0 unspecified atom stereocenters. The van der Waals surface area contributed by atoms with Gasteiger partial charge in [-0.05, 0) is 43.3 Å². The number of nitrogens with zero attached hydrogens (tertiary/aromatic N) is 5. The molecule has 156 valence electrons. The molecule has 0 radical (unpaired) electrons. The summed E-state index contributed by atoms with van der Waals surface area (Å²) in [4.78, 5) is 26.1. The number of hydrogen-bond acceptors (Lipinski definition) is 8. The number of nitro groups is 1. The van der Waals surface area contributed by atoms with E-state index in [1.165, 1.54) is 12.4 Å². The predicted octanol–water partition coefficient (Wildman–Crippen LogP) is 1.72. The summed E-state index contributed by atoms with van der Waals surface area (Å²) in [6.45, 7) is 4.98. The van der Waals surface area contributed by atoms with E-state index in [1.807, 2.05) is 0 Å². The zero-order chi connectivity index (χ0) is 20.6. The summed E-state index contributed by atoms with van der Waals surface area (Å²) in [5, 5.41) is 22.5. The number of nitrogens with one attached hydrogen (secondary N) is 1. The third-order valence-electron chi connectivity index (χ3n) is 4.58. The van der Waals surface area contributed by atoms with Crippen molar-refractivity contribution in [2.75, 3.05) is 39.4 Å². The first-order chi connectivity index (χ1) is 14.0. The molecular formula is C18H24N6O4S. The summed E-state index contributed by atoms with van der Waals surface area (Å²) in [5.74, 6) is -0.310. The lowest BCUT2D eigenvalue weighted by Gasteiger charge is -2.26. The number of morpholine rings is 1. The molecule has 2 heterocycles. The van der Waals surface area contributed by atoms with Crippen LogP contribution in [0.4, 0.5) is 5.69 Å². The van der Waals surface area contributed by atoms with Gasteiger partial charge in [-0.3, -0.25) is 19.8 Å². The van der Waals surface area contributed by atoms with Gasteiger partial charge in [-0.15, -0.1) is 10.2 Å². The monoisotopic (exact) mass is 420 g/mol. The lowest BCUT2D eigenvalue weighted by atomic mass is 10.2. The van der Waals surface area contributed by atoms with Crippen LogP contribution in [0.1, 0.15) is 23.2 Å². The molecule has 1 aromatic carbocycles. The Hall–Kier alpha value is -2.50. The Bertz CT molecular complexity index is 853. The van der Waals surface area contributed by atoms with Gasteiger partial charge >= 0.3 is 0 Å². The minimum absolute atomic E-state index is 0.127. The van der Waals surface area contributed by atoms with E-state index >= 15 is 0 Å². The minimum Gasteiger partial charge on any atom is -0.379 e. The fourth-order valence-electron chi connectivity index (χ4n) is 2.94. The van der Waals surface area contributed by atoms with Gasteiger partial charge < -0.3 is 14.6 Å². The molecule has 0 aliphatic carbocycles. The average Bonchev–Trinajstić information content (AvgIpc) is 3.13. The van der Waals surface area contributed by atoms with Gasteiger partial charge in [-0.25, -0.2) is 0 Å². The molecule has 1 N–H and O–H groups in total. The van der Waals surface area contributed by atoms with Crippen LogP contribution >= 0.6 is 11.8 Å². The van der Waals surface area contributed by atoms with Crippen molar-refractivity contribution in [1.82, 2.24) is 25.0 Å². The van der Waals surface area contributed by atoms with Crippen molar-refractivity contribution < 1.29 is 14.5 Å². The maximum Gasteiger partial charge on any atom is 0.284 e. The molecule has 1 amide bonds. The molecule has 29 heavy (non-hydrogen) atoms. The predicted molar refractivity (Wildman–Crippen MR) is 107 cm³/mol. The molecule has 0 saturated carbocycles. The SMILES string of the molecule is Cn1cnnc1Sc1ccc(C(=O)NCCCCN2CCOCC2)cc1[N+](=O)[O-]. The zero-order valence-corrected chi connectivity index (χ0v) is 17.1. The maximum absolute atomic E-state index is 12.4. The van der Waals surface area contributed by atoms with Crippen molar-refractivity contribution >= 4 is 23.4 Å². The van der Waals surface area contributed by atoms with E-state index in [9.17, 15) is 14.9 Å². The van der Waals surface area contributed by atoms with Gasteiger partial charge in [0.2, 0.25) is 0 Å². The molecule has 1 aliphatic rings. The van der Waals surface area contributed by atoms with Crippen molar-refractivity contribution in [2.45, 2.75) is 22.9 Å². The van der Waals surface area contributed by atoms with E-state index in [-0.39, 0.29) is 17.2 Å². The number of carbonyl (C=O) groups is 1. The number of unbranched alkanes of at least 4 members (excludes halogenated alkanes) is 1. The van der Waals surface area contributed by atoms with Gasteiger partial charge in [0, 0.05) is 38.3 Å². The molecular weight excluding hydrogens is 396 g/mol. The first-order valence-electron chi connectivity index (χ1n) is 9.43. The Morgan fingerprint density at radius 2 is 2.14 bits per heavy atom. The summed E-state index contributed by atoms with van der Waals surface area (Å²) in [6, 6.07) is 4.47. The topological polar surface area (TPSA) is 115 Å². The summed E-state index contributed by atoms with van der Waals surface area (Å²) < 4.78 is 6.99. The fourth-order valence-corrected chi connectivity index (χ4v) is 3.79. The van der Waals surface area contributed by atoms with Crippen LogP contribution in [0.2, 0.25) is 0 Å². The van der Waals surface area contributed by atoms with Crippen molar-refractivity contribution in [3.63, 3.8) is 0 Å². The number of ether oxygens (including phenoxy) is 1. The number of benzene rings is 1.